The SMILES string of the molecule is CCCCc1csc(NC(=O)CN2CCNCC2)c1. The van der Waals surface area contributed by atoms with Crippen molar-refractivity contribution in [1.82, 2.24) is 10.2 Å². The zero-order chi connectivity index (χ0) is 13.5. The number of carbonyl (C=O) groups excluding carboxylic acids is 1. The first kappa shape index (κ1) is 14.5. The van der Waals surface area contributed by atoms with Crippen LogP contribution in [0.4, 0.5) is 5.00 Å². The van der Waals surface area contributed by atoms with Crippen molar-refractivity contribution >= 4 is 22.2 Å². The molecule has 0 saturated carbocycles. The van der Waals surface area contributed by atoms with Gasteiger partial charge in [-0.1, -0.05) is 13.3 Å². The van der Waals surface area contributed by atoms with Crippen molar-refractivity contribution in [3.05, 3.63) is 17.0 Å². The summed E-state index contributed by atoms with van der Waals surface area (Å²) in [4.78, 5) is 14.1. The third-order valence-corrected chi connectivity index (χ3v) is 4.21. The zero-order valence-electron chi connectivity index (χ0n) is 11.6. The van der Waals surface area contributed by atoms with Crippen molar-refractivity contribution in [2.75, 3.05) is 38.0 Å². The molecule has 1 saturated heterocycles. The highest BCUT2D eigenvalue weighted by Gasteiger charge is 2.13. The van der Waals surface area contributed by atoms with Crippen molar-refractivity contribution in [3.8, 4) is 0 Å². The van der Waals surface area contributed by atoms with Gasteiger partial charge in [0, 0.05) is 26.2 Å². The number of hydrogen-bond acceptors (Lipinski definition) is 4. The Morgan fingerprint density at radius 1 is 1.47 bits per heavy atom. The minimum atomic E-state index is 0.103. The van der Waals surface area contributed by atoms with Crippen molar-refractivity contribution in [3.63, 3.8) is 0 Å². The fourth-order valence-electron chi connectivity index (χ4n) is 2.20. The van der Waals surface area contributed by atoms with E-state index in [1.165, 1.54) is 18.4 Å². The Morgan fingerprint density at radius 2 is 2.26 bits per heavy atom. The monoisotopic (exact) mass is 281 g/mol. The van der Waals surface area contributed by atoms with E-state index in [0.29, 0.717) is 6.54 Å². The molecular formula is C14H23N3OS. The van der Waals surface area contributed by atoms with Crippen LogP contribution >= 0.6 is 11.3 Å². The molecule has 1 aromatic rings. The van der Waals surface area contributed by atoms with Crippen LogP contribution in [0.25, 0.3) is 0 Å². The zero-order valence-corrected chi connectivity index (χ0v) is 12.4. The number of nitrogens with one attached hydrogen (secondary N) is 2. The van der Waals surface area contributed by atoms with Crippen LogP contribution in [0.2, 0.25) is 0 Å². The van der Waals surface area contributed by atoms with E-state index in [9.17, 15) is 4.79 Å². The molecule has 0 unspecified atom stereocenters. The molecular weight excluding hydrogens is 258 g/mol. The lowest BCUT2D eigenvalue weighted by Gasteiger charge is -2.26. The number of piperazine rings is 1. The molecule has 1 aromatic heterocycles. The average molecular weight is 281 g/mol. The van der Waals surface area contributed by atoms with Crippen molar-refractivity contribution in [2.24, 2.45) is 0 Å². The molecule has 0 radical (unpaired) electrons. The maximum Gasteiger partial charge on any atom is 0.239 e. The number of thiophene rings is 1. The molecule has 2 N–H and O–H groups in total. The molecule has 0 spiro atoms. The minimum Gasteiger partial charge on any atom is -0.317 e. The van der Waals surface area contributed by atoms with Gasteiger partial charge in [0.05, 0.1) is 11.5 Å². The molecule has 0 bridgehead atoms. The van der Waals surface area contributed by atoms with Gasteiger partial charge < -0.3 is 10.6 Å². The summed E-state index contributed by atoms with van der Waals surface area (Å²) in [6.45, 7) is 6.58. The molecule has 2 rings (SSSR count). The Morgan fingerprint density at radius 3 is 3.00 bits per heavy atom. The van der Waals surface area contributed by atoms with E-state index in [4.69, 9.17) is 0 Å². The first-order valence-corrected chi connectivity index (χ1v) is 7.96. The van der Waals surface area contributed by atoms with Crippen LogP contribution in [0, 0.1) is 0 Å². The molecule has 1 amide bonds. The lowest BCUT2D eigenvalue weighted by Crippen LogP contribution is -2.46. The van der Waals surface area contributed by atoms with E-state index >= 15 is 0 Å². The molecule has 1 aliphatic rings. The smallest absolute Gasteiger partial charge is 0.239 e. The number of hydrogen-bond donors (Lipinski definition) is 2. The van der Waals surface area contributed by atoms with Gasteiger partial charge in [0.1, 0.15) is 0 Å². The Kier molecular flexibility index (Phi) is 5.82. The summed E-state index contributed by atoms with van der Waals surface area (Å²) in [7, 11) is 0. The second-order valence-electron chi connectivity index (χ2n) is 5.00. The maximum absolute atomic E-state index is 11.9. The molecule has 0 aliphatic carbocycles. The summed E-state index contributed by atoms with van der Waals surface area (Å²) in [6.07, 6.45) is 3.53. The van der Waals surface area contributed by atoms with Crippen LogP contribution in [0.5, 0.6) is 0 Å². The summed E-state index contributed by atoms with van der Waals surface area (Å²) >= 11 is 1.63. The van der Waals surface area contributed by atoms with Gasteiger partial charge in [-0.25, -0.2) is 0 Å². The summed E-state index contributed by atoms with van der Waals surface area (Å²) in [5.41, 5.74) is 1.34. The highest BCUT2D eigenvalue weighted by Crippen LogP contribution is 2.21. The van der Waals surface area contributed by atoms with Gasteiger partial charge in [-0.2, -0.15) is 0 Å². The van der Waals surface area contributed by atoms with Gasteiger partial charge in [-0.15, -0.1) is 11.3 Å². The van der Waals surface area contributed by atoms with E-state index in [1.807, 2.05) is 0 Å². The van der Waals surface area contributed by atoms with Gasteiger partial charge in [-0.05, 0) is 29.9 Å². The van der Waals surface area contributed by atoms with Gasteiger partial charge >= 0.3 is 0 Å². The standard InChI is InChI=1S/C14H23N3OS/c1-2-3-4-12-9-14(19-11-12)16-13(18)10-17-7-5-15-6-8-17/h9,11,15H,2-8,10H2,1H3,(H,16,18). The number of carbonyl (C=O) groups is 1. The highest BCUT2D eigenvalue weighted by molar-refractivity contribution is 7.14. The molecule has 0 atom stereocenters. The first-order chi connectivity index (χ1) is 9.28. The molecule has 4 nitrogen and oxygen atoms in total. The first-order valence-electron chi connectivity index (χ1n) is 7.08. The number of amides is 1. The van der Waals surface area contributed by atoms with E-state index < -0.39 is 0 Å². The largest absolute Gasteiger partial charge is 0.317 e. The summed E-state index contributed by atoms with van der Waals surface area (Å²) in [5.74, 6) is 0.103. The topological polar surface area (TPSA) is 44.4 Å². The second kappa shape index (κ2) is 7.62. The van der Waals surface area contributed by atoms with E-state index in [0.717, 1.165) is 37.6 Å². The van der Waals surface area contributed by atoms with Crippen LogP contribution in [0.1, 0.15) is 25.3 Å². The number of nitrogens with zero attached hydrogens (tertiary/aromatic N) is 1. The molecule has 19 heavy (non-hydrogen) atoms. The van der Waals surface area contributed by atoms with Crippen LogP contribution < -0.4 is 10.6 Å². The minimum absolute atomic E-state index is 0.103. The molecule has 0 aromatic carbocycles. The van der Waals surface area contributed by atoms with Gasteiger partial charge in [0.25, 0.3) is 0 Å². The summed E-state index contributed by atoms with van der Waals surface area (Å²) < 4.78 is 0. The summed E-state index contributed by atoms with van der Waals surface area (Å²) in [6, 6.07) is 2.11. The van der Waals surface area contributed by atoms with Crippen molar-refractivity contribution in [1.29, 1.82) is 0 Å². The number of aryl methyl sites for hydroxylation is 1. The van der Waals surface area contributed by atoms with Crippen molar-refractivity contribution in [2.45, 2.75) is 26.2 Å². The van der Waals surface area contributed by atoms with E-state index in [1.54, 1.807) is 11.3 Å². The Hall–Kier alpha value is -0.910. The second-order valence-corrected chi connectivity index (χ2v) is 5.91. The lowest BCUT2D eigenvalue weighted by molar-refractivity contribution is -0.117. The number of unbranched alkanes of at least 4 members (excludes halogenated alkanes) is 1. The Balaban J connectivity index is 1.76. The van der Waals surface area contributed by atoms with Crippen LogP contribution in [-0.2, 0) is 11.2 Å². The molecule has 1 aliphatic heterocycles. The third kappa shape index (κ3) is 4.93. The van der Waals surface area contributed by atoms with E-state index in [-0.39, 0.29) is 5.91 Å². The average Bonchev–Trinajstić information content (AvgIpc) is 2.85. The Bertz CT molecular complexity index is 399. The molecule has 2 heterocycles. The number of anilines is 1. The lowest BCUT2D eigenvalue weighted by atomic mass is 10.1. The highest BCUT2D eigenvalue weighted by atomic mass is 32.1. The maximum atomic E-state index is 11.9. The summed E-state index contributed by atoms with van der Waals surface area (Å²) in [5, 5.41) is 9.42. The fourth-order valence-corrected chi connectivity index (χ4v) is 3.06. The molecule has 1 fully saturated rings. The fraction of sp³-hybridized carbons (Fsp3) is 0.643. The predicted octanol–water partition coefficient (Wildman–Crippen LogP) is 1.93. The molecule has 106 valence electrons. The van der Waals surface area contributed by atoms with Crippen LogP contribution in [0.3, 0.4) is 0 Å². The predicted molar refractivity (Wildman–Crippen MR) is 80.9 cm³/mol. The normalized spacial score (nSPS) is 16.5. The van der Waals surface area contributed by atoms with Gasteiger partial charge in [0.15, 0.2) is 0 Å². The van der Waals surface area contributed by atoms with Crippen LogP contribution in [-0.4, -0.2) is 43.5 Å². The third-order valence-electron chi connectivity index (χ3n) is 3.31. The molecule has 5 heteroatoms. The quantitative estimate of drug-likeness (QED) is 0.837. The number of rotatable bonds is 6. The van der Waals surface area contributed by atoms with Crippen LogP contribution in [0.15, 0.2) is 11.4 Å². The van der Waals surface area contributed by atoms with Crippen molar-refractivity contribution < 1.29 is 4.79 Å². The van der Waals surface area contributed by atoms with E-state index in [2.05, 4.69) is 33.9 Å². The van der Waals surface area contributed by atoms with Gasteiger partial charge in [-0.3, -0.25) is 9.69 Å². The van der Waals surface area contributed by atoms with Gasteiger partial charge in [0.2, 0.25) is 5.91 Å². The Labute approximate surface area is 119 Å².